The van der Waals surface area contributed by atoms with E-state index in [-0.39, 0.29) is 11.6 Å². The standard InChI is InChI=1S/C20H14NO2/c22-20(19-11-5-6-12-21-19)23-13-18-16-9-3-1-7-14(16)15-8-2-4-10-17(15)18/h1-4,6-12,18H,13H2. The van der Waals surface area contributed by atoms with Crippen LogP contribution in [0.3, 0.4) is 0 Å². The number of ether oxygens (including phenoxy) is 1. The van der Waals surface area contributed by atoms with Gasteiger partial charge in [-0.15, -0.1) is 0 Å². The van der Waals surface area contributed by atoms with Gasteiger partial charge in [0.15, 0.2) is 0 Å². The Labute approximate surface area is 134 Å². The second kappa shape index (κ2) is 5.69. The first-order valence-corrected chi connectivity index (χ1v) is 7.52. The molecule has 0 N–H and O–H groups in total. The Morgan fingerprint density at radius 1 is 1.04 bits per heavy atom. The van der Waals surface area contributed by atoms with Crippen LogP contribution in [0.15, 0.2) is 66.9 Å². The van der Waals surface area contributed by atoms with E-state index in [1.165, 1.54) is 28.5 Å². The van der Waals surface area contributed by atoms with Crippen LogP contribution in [0, 0.1) is 6.07 Å². The summed E-state index contributed by atoms with van der Waals surface area (Å²) in [6, 6.07) is 22.6. The number of esters is 1. The van der Waals surface area contributed by atoms with Crippen molar-refractivity contribution in [2.45, 2.75) is 5.92 Å². The Morgan fingerprint density at radius 3 is 2.30 bits per heavy atom. The molecule has 0 atom stereocenters. The van der Waals surface area contributed by atoms with Gasteiger partial charge < -0.3 is 4.74 Å². The van der Waals surface area contributed by atoms with Gasteiger partial charge in [-0.1, -0.05) is 48.5 Å². The fourth-order valence-corrected chi connectivity index (χ4v) is 3.11. The van der Waals surface area contributed by atoms with Crippen LogP contribution in [0.1, 0.15) is 27.5 Å². The van der Waals surface area contributed by atoms with Crippen molar-refractivity contribution in [3.8, 4) is 11.1 Å². The number of hydrogen-bond donors (Lipinski definition) is 0. The molecule has 0 aliphatic heterocycles. The molecule has 4 rings (SSSR count). The molecule has 0 amide bonds. The molecule has 2 aromatic carbocycles. The molecule has 3 nitrogen and oxygen atoms in total. The Kier molecular flexibility index (Phi) is 3.39. The minimum Gasteiger partial charge on any atom is -0.460 e. The van der Waals surface area contributed by atoms with Crippen molar-refractivity contribution in [1.82, 2.24) is 4.98 Å². The van der Waals surface area contributed by atoms with E-state index in [0.717, 1.165) is 0 Å². The van der Waals surface area contributed by atoms with E-state index in [9.17, 15) is 4.79 Å². The zero-order valence-electron chi connectivity index (χ0n) is 12.4. The van der Waals surface area contributed by atoms with Gasteiger partial charge in [0.05, 0.1) is 0 Å². The highest BCUT2D eigenvalue weighted by Gasteiger charge is 2.29. The minimum atomic E-state index is -0.413. The molecular weight excluding hydrogens is 286 g/mol. The third-order valence-corrected chi connectivity index (χ3v) is 4.16. The quantitative estimate of drug-likeness (QED) is 0.690. The fourth-order valence-electron chi connectivity index (χ4n) is 3.11. The number of nitrogens with zero attached hydrogens (tertiary/aromatic N) is 1. The number of fused-ring (bicyclic) bond motifs is 3. The molecule has 1 radical (unpaired) electrons. The van der Waals surface area contributed by atoms with Gasteiger partial charge in [0, 0.05) is 12.1 Å². The van der Waals surface area contributed by atoms with Gasteiger partial charge in [-0.2, -0.15) is 0 Å². The Hall–Kier alpha value is -2.94. The summed E-state index contributed by atoms with van der Waals surface area (Å²) in [5, 5.41) is 0. The molecule has 1 aromatic heterocycles. The first-order chi connectivity index (χ1) is 11.3. The summed E-state index contributed by atoms with van der Waals surface area (Å²) < 4.78 is 5.50. The van der Waals surface area contributed by atoms with E-state index in [1.807, 2.05) is 24.3 Å². The normalized spacial score (nSPS) is 12.5. The predicted molar refractivity (Wildman–Crippen MR) is 87.1 cm³/mol. The van der Waals surface area contributed by atoms with Crippen molar-refractivity contribution in [3.63, 3.8) is 0 Å². The molecular formula is C20H14NO2. The average Bonchev–Trinajstić information content (AvgIpc) is 2.94. The molecule has 111 valence electrons. The van der Waals surface area contributed by atoms with Crippen LogP contribution in [0.25, 0.3) is 11.1 Å². The van der Waals surface area contributed by atoms with Crippen molar-refractivity contribution in [3.05, 3.63) is 89.7 Å². The summed E-state index contributed by atoms with van der Waals surface area (Å²) in [5.74, 6) is -0.345. The van der Waals surface area contributed by atoms with Crippen LogP contribution >= 0.6 is 0 Å². The molecule has 1 aliphatic rings. The first-order valence-electron chi connectivity index (χ1n) is 7.52. The molecule has 0 saturated heterocycles. The molecule has 3 aromatic rings. The van der Waals surface area contributed by atoms with Gasteiger partial charge in [-0.3, -0.25) is 0 Å². The fraction of sp³-hybridized carbons (Fsp3) is 0.100. The third kappa shape index (κ3) is 2.40. The maximum atomic E-state index is 12.1. The van der Waals surface area contributed by atoms with Crippen molar-refractivity contribution < 1.29 is 9.53 Å². The van der Waals surface area contributed by atoms with Gasteiger partial charge >= 0.3 is 5.97 Å². The predicted octanol–water partition coefficient (Wildman–Crippen LogP) is 3.85. The summed E-state index contributed by atoms with van der Waals surface area (Å²) in [4.78, 5) is 16.1. The van der Waals surface area contributed by atoms with Crippen LogP contribution in [0.5, 0.6) is 0 Å². The molecule has 23 heavy (non-hydrogen) atoms. The number of aromatic nitrogens is 1. The van der Waals surface area contributed by atoms with Crippen LogP contribution in [0.4, 0.5) is 0 Å². The van der Waals surface area contributed by atoms with Gasteiger partial charge in [0.1, 0.15) is 12.3 Å². The highest BCUT2D eigenvalue weighted by Crippen LogP contribution is 2.44. The summed E-state index contributed by atoms with van der Waals surface area (Å²) in [7, 11) is 0. The van der Waals surface area contributed by atoms with Gasteiger partial charge in [-0.05, 0) is 40.5 Å². The molecule has 1 heterocycles. The maximum absolute atomic E-state index is 12.1. The topological polar surface area (TPSA) is 39.2 Å². The largest absolute Gasteiger partial charge is 0.460 e. The number of carbonyl (C=O) groups excluding carboxylic acids is 1. The Balaban J connectivity index is 1.61. The molecule has 1 aliphatic carbocycles. The maximum Gasteiger partial charge on any atom is 0.356 e. The van der Waals surface area contributed by atoms with Gasteiger partial charge in [0.25, 0.3) is 0 Å². The summed E-state index contributed by atoms with van der Waals surface area (Å²) in [5.41, 5.74) is 5.13. The molecule has 0 spiro atoms. The van der Waals surface area contributed by atoms with Crippen LogP contribution in [0.2, 0.25) is 0 Å². The molecule has 0 bridgehead atoms. The number of pyridine rings is 1. The van der Waals surface area contributed by atoms with E-state index < -0.39 is 5.97 Å². The second-order valence-electron chi connectivity index (χ2n) is 5.47. The minimum absolute atomic E-state index is 0.0686. The second-order valence-corrected chi connectivity index (χ2v) is 5.47. The first kappa shape index (κ1) is 13.7. The van der Waals surface area contributed by atoms with Gasteiger partial charge in [-0.25, -0.2) is 9.78 Å². The number of carbonyl (C=O) groups is 1. The number of benzene rings is 2. The van der Waals surface area contributed by atoms with E-state index >= 15 is 0 Å². The molecule has 0 saturated carbocycles. The van der Waals surface area contributed by atoms with E-state index in [1.54, 1.807) is 12.1 Å². The summed E-state index contributed by atoms with van der Waals surface area (Å²) in [6.45, 7) is 0.309. The van der Waals surface area contributed by atoms with Crippen molar-refractivity contribution in [2.75, 3.05) is 6.61 Å². The number of hydrogen-bond acceptors (Lipinski definition) is 3. The van der Waals surface area contributed by atoms with Crippen LogP contribution < -0.4 is 0 Å². The van der Waals surface area contributed by atoms with E-state index in [4.69, 9.17) is 4.74 Å². The van der Waals surface area contributed by atoms with Crippen molar-refractivity contribution >= 4 is 5.97 Å². The van der Waals surface area contributed by atoms with Crippen molar-refractivity contribution in [1.29, 1.82) is 0 Å². The lowest BCUT2D eigenvalue weighted by Gasteiger charge is -2.13. The van der Waals surface area contributed by atoms with Crippen LogP contribution in [-0.2, 0) is 4.74 Å². The van der Waals surface area contributed by atoms with Crippen molar-refractivity contribution in [2.24, 2.45) is 0 Å². The lowest BCUT2D eigenvalue weighted by atomic mass is 9.98. The smallest absolute Gasteiger partial charge is 0.356 e. The van der Waals surface area contributed by atoms with Crippen LogP contribution in [-0.4, -0.2) is 17.6 Å². The Morgan fingerprint density at radius 2 is 1.70 bits per heavy atom. The highest BCUT2D eigenvalue weighted by atomic mass is 16.5. The van der Waals surface area contributed by atoms with E-state index in [2.05, 4.69) is 35.3 Å². The lowest BCUT2D eigenvalue weighted by Crippen LogP contribution is -2.13. The summed E-state index contributed by atoms with van der Waals surface area (Å²) >= 11 is 0. The molecule has 0 unspecified atom stereocenters. The molecule has 0 fully saturated rings. The highest BCUT2D eigenvalue weighted by molar-refractivity contribution is 5.87. The number of rotatable bonds is 3. The molecule has 3 heteroatoms. The third-order valence-electron chi connectivity index (χ3n) is 4.16. The monoisotopic (exact) mass is 300 g/mol. The van der Waals surface area contributed by atoms with Gasteiger partial charge in [0.2, 0.25) is 0 Å². The Bertz CT molecular complexity index is 813. The SMILES string of the molecule is O=C(OCC1c2ccccc2-c2ccccc21)c1c[c]ccn1. The van der Waals surface area contributed by atoms with E-state index in [0.29, 0.717) is 6.61 Å². The average molecular weight is 300 g/mol. The zero-order chi connectivity index (χ0) is 15.6. The summed E-state index contributed by atoms with van der Waals surface area (Å²) in [6.07, 6.45) is 1.54. The zero-order valence-corrected chi connectivity index (χ0v) is 12.4. The lowest BCUT2D eigenvalue weighted by molar-refractivity contribution is 0.0486.